The molecule has 0 aromatic heterocycles. The summed E-state index contributed by atoms with van der Waals surface area (Å²) in [5.41, 5.74) is 1.25. The van der Waals surface area contributed by atoms with E-state index in [-0.39, 0.29) is 11.4 Å². The summed E-state index contributed by atoms with van der Waals surface area (Å²) in [6.45, 7) is 0.942. The highest BCUT2D eigenvalue weighted by Gasteiger charge is 2.36. The van der Waals surface area contributed by atoms with Crippen LogP contribution in [0.15, 0.2) is 53.4 Å². The van der Waals surface area contributed by atoms with Crippen LogP contribution in [0.3, 0.4) is 0 Å². The first-order chi connectivity index (χ1) is 13.8. The van der Waals surface area contributed by atoms with Crippen molar-refractivity contribution in [2.24, 2.45) is 0 Å². The molecule has 0 bridgehead atoms. The van der Waals surface area contributed by atoms with Gasteiger partial charge in [-0.1, -0.05) is 12.1 Å². The van der Waals surface area contributed by atoms with E-state index in [0.29, 0.717) is 17.0 Å². The Morgan fingerprint density at radius 3 is 2.38 bits per heavy atom. The highest BCUT2D eigenvalue weighted by atomic mass is 127. The van der Waals surface area contributed by atoms with E-state index in [1.54, 1.807) is 42.5 Å². The number of carbonyl (C=O) groups excluding carboxylic acids is 4. The molecule has 0 radical (unpaired) electrons. The average Bonchev–Trinajstić information content (AvgIpc) is 2.92. The summed E-state index contributed by atoms with van der Waals surface area (Å²) in [6.07, 6.45) is 1.56. The van der Waals surface area contributed by atoms with Crippen LogP contribution in [0.1, 0.15) is 12.5 Å². The van der Waals surface area contributed by atoms with Crippen LogP contribution in [0, 0.1) is 3.57 Å². The average molecular weight is 522 g/mol. The number of hydrogen-bond donors (Lipinski definition) is 1. The molecule has 148 valence electrons. The zero-order valence-electron chi connectivity index (χ0n) is 15.2. The summed E-state index contributed by atoms with van der Waals surface area (Å²) >= 11 is 2.93. The molecule has 0 atom stereocenters. The molecule has 3 amide bonds. The van der Waals surface area contributed by atoms with E-state index in [0.717, 1.165) is 20.2 Å². The maximum absolute atomic E-state index is 12.5. The normalized spacial score (nSPS) is 15.0. The number of imide groups is 1. The fraction of sp³-hybridized carbons (Fsp3) is 0.100. The number of carbonyl (C=O) groups is 4. The number of thioether (sulfide) groups is 1. The standard InChI is InChI=1S/C20H15IN2O5S/c1-12(24)28-16-8-2-13(3-9-16)10-17-19(26)23(20(27)29-17)11-18(25)22-15-6-4-14(21)5-7-15/h2-10H,11H2,1H3,(H,22,25)/b17-10+. The number of rotatable bonds is 5. The Bertz CT molecular complexity index is 1000. The summed E-state index contributed by atoms with van der Waals surface area (Å²) in [5.74, 6) is -1.03. The van der Waals surface area contributed by atoms with Crippen molar-refractivity contribution < 1.29 is 23.9 Å². The van der Waals surface area contributed by atoms with Crippen LogP contribution in [0.5, 0.6) is 5.75 Å². The van der Waals surface area contributed by atoms with Gasteiger partial charge in [0, 0.05) is 16.2 Å². The van der Waals surface area contributed by atoms with Crippen molar-refractivity contribution in [3.05, 3.63) is 62.6 Å². The molecule has 3 rings (SSSR count). The number of hydrogen-bond acceptors (Lipinski definition) is 6. The van der Waals surface area contributed by atoms with Gasteiger partial charge in [-0.3, -0.25) is 24.1 Å². The van der Waals surface area contributed by atoms with Gasteiger partial charge in [-0.05, 0) is 82.4 Å². The van der Waals surface area contributed by atoms with E-state index >= 15 is 0 Å². The molecule has 0 saturated carbocycles. The number of halogens is 1. The first-order valence-corrected chi connectivity index (χ1v) is 10.3. The van der Waals surface area contributed by atoms with Crippen LogP contribution < -0.4 is 10.1 Å². The quantitative estimate of drug-likeness (QED) is 0.277. The third kappa shape index (κ3) is 5.67. The minimum atomic E-state index is -0.526. The lowest BCUT2D eigenvalue weighted by Gasteiger charge is -2.12. The second kappa shape index (κ2) is 9.23. The number of amides is 3. The van der Waals surface area contributed by atoms with Crippen LogP contribution in [0.25, 0.3) is 6.08 Å². The lowest BCUT2D eigenvalue weighted by atomic mass is 10.2. The fourth-order valence-corrected chi connectivity index (χ4v) is 3.66. The molecule has 0 aliphatic carbocycles. The van der Waals surface area contributed by atoms with Gasteiger partial charge in [0.25, 0.3) is 11.1 Å². The molecule has 9 heteroatoms. The fourth-order valence-electron chi connectivity index (χ4n) is 2.46. The Hall–Kier alpha value is -2.66. The summed E-state index contributed by atoms with van der Waals surface area (Å²) in [5, 5.41) is 2.16. The molecular weight excluding hydrogens is 507 g/mol. The Morgan fingerprint density at radius 1 is 1.10 bits per heavy atom. The SMILES string of the molecule is CC(=O)Oc1ccc(/C=C2/SC(=O)N(CC(=O)Nc3ccc(I)cc3)C2=O)cc1. The molecule has 0 spiro atoms. The largest absolute Gasteiger partial charge is 0.427 e. The van der Waals surface area contributed by atoms with Crippen LogP contribution >= 0.6 is 34.4 Å². The minimum absolute atomic E-state index is 0.220. The summed E-state index contributed by atoms with van der Waals surface area (Å²) in [7, 11) is 0. The van der Waals surface area contributed by atoms with Gasteiger partial charge in [0.2, 0.25) is 5.91 Å². The molecule has 2 aromatic rings. The summed E-state index contributed by atoms with van der Waals surface area (Å²) < 4.78 is 5.98. The topological polar surface area (TPSA) is 92.8 Å². The number of esters is 1. The van der Waals surface area contributed by atoms with E-state index < -0.39 is 23.0 Å². The minimum Gasteiger partial charge on any atom is -0.427 e. The number of nitrogens with one attached hydrogen (secondary N) is 1. The monoisotopic (exact) mass is 522 g/mol. The van der Waals surface area contributed by atoms with Crippen LogP contribution in [0.2, 0.25) is 0 Å². The second-order valence-corrected chi connectivity index (χ2v) is 8.22. The lowest BCUT2D eigenvalue weighted by molar-refractivity contribution is -0.131. The summed E-state index contributed by atoms with van der Waals surface area (Å²) in [6, 6.07) is 13.7. The molecule has 0 unspecified atom stereocenters. The van der Waals surface area contributed by atoms with Crippen molar-refractivity contribution in [2.45, 2.75) is 6.92 Å². The molecule has 2 aromatic carbocycles. The molecule has 1 fully saturated rings. The molecule has 1 aliphatic heterocycles. The van der Waals surface area contributed by atoms with Gasteiger partial charge in [0.15, 0.2) is 0 Å². The van der Waals surface area contributed by atoms with Crippen molar-refractivity contribution in [2.75, 3.05) is 11.9 Å². The molecule has 29 heavy (non-hydrogen) atoms. The number of ether oxygens (including phenoxy) is 1. The number of benzene rings is 2. The van der Waals surface area contributed by atoms with Gasteiger partial charge in [-0.2, -0.15) is 0 Å². The predicted molar refractivity (Wildman–Crippen MR) is 118 cm³/mol. The highest BCUT2D eigenvalue weighted by molar-refractivity contribution is 14.1. The van der Waals surface area contributed by atoms with Crippen molar-refractivity contribution in [3.63, 3.8) is 0 Å². The summed E-state index contributed by atoms with van der Waals surface area (Å²) in [4.78, 5) is 49.0. The molecule has 7 nitrogen and oxygen atoms in total. The molecule has 1 N–H and O–H groups in total. The molecular formula is C20H15IN2O5S. The van der Waals surface area contributed by atoms with Gasteiger partial charge in [-0.25, -0.2) is 0 Å². The second-order valence-electron chi connectivity index (χ2n) is 5.99. The maximum atomic E-state index is 12.5. The Balaban J connectivity index is 1.65. The van der Waals surface area contributed by atoms with Crippen molar-refractivity contribution in [3.8, 4) is 5.75 Å². The van der Waals surface area contributed by atoms with E-state index in [1.165, 1.54) is 6.92 Å². The smallest absolute Gasteiger partial charge is 0.308 e. The van der Waals surface area contributed by atoms with Crippen LogP contribution in [0.4, 0.5) is 10.5 Å². The van der Waals surface area contributed by atoms with Crippen molar-refractivity contribution >= 4 is 69.1 Å². The van der Waals surface area contributed by atoms with E-state index in [1.807, 2.05) is 12.1 Å². The highest BCUT2D eigenvalue weighted by Crippen LogP contribution is 2.32. The maximum Gasteiger partial charge on any atom is 0.308 e. The van der Waals surface area contributed by atoms with E-state index in [2.05, 4.69) is 27.9 Å². The van der Waals surface area contributed by atoms with Crippen LogP contribution in [-0.2, 0) is 14.4 Å². The predicted octanol–water partition coefficient (Wildman–Crippen LogP) is 3.89. The first kappa shape index (κ1) is 21.1. The zero-order valence-corrected chi connectivity index (χ0v) is 18.2. The van der Waals surface area contributed by atoms with E-state index in [4.69, 9.17) is 4.74 Å². The third-order valence-corrected chi connectivity index (χ3v) is 5.37. The van der Waals surface area contributed by atoms with Gasteiger partial charge in [0.05, 0.1) is 4.91 Å². The Kier molecular flexibility index (Phi) is 6.70. The Labute approximate surface area is 184 Å². The lowest BCUT2D eigenvalue weighted by Crippen LogP contribution is -2.36. The third-order valence-electron chi connectivity index (χ3n) is 3.74. The first-order valence-electron chi connectivity index (χ1n) is 8.41. The van der Waals surface area contributed by atoms with E-state index in [9.17, 15) is 19.2 Å². The van der Waals surface area contributed by atoms with Crippen molar-refractivity contribution in [1.29, 1.82) is 0 Å². The van der Waals surface area contributed by atoms with Gasteiger partial charge >= 0.3 is 5.97 Å². The van der Waals surface area contributed by atoms with Crippen LogP contribution in [-0.4, -0.2) is 34.5 Å². The number of nitrogens with zero attached hydrogens (tertiary/aromatic N) is 1. The van der Waals surface area contributed by atoms with Gasteiger partial charge < -0.3 is 10.1 Å². The van der Waals surface area contributed by atoms with Crippen molar-refractivity contribution in [1.82, 2.24) is 4.90 Å². The molecule has 1 saturated heterocycles. The zero-order chi connectivity index (χ0) is 21.0. The molecule has 1 aliphatic rings. The molecule has 1 heterocycles. The number of anilines is 1. The van der Waals surface area contributed by atoms with Gasteiger partial charge in [0.1, 0.15) is 12.3 Å². The van der Waals surface area contributed by atoms with Gasteiger partial charge in [-0.15, -0.1) is 0 Å². The Morgan fingerprint density at radius 2 is 1.76 bits per heavy atom.